The Hall–Kier alpha value is -1.55. The first-order valence-corrected chi connectivity index (χ1v) is 7.22. The van der Waals surface area contributed by atoms with Crippen LogP contribution in [0.5, 0.6) is 0 Å². The van der Waals surface area contributed by atoms with E-state index in [1.807, 2.05) is 17.0 Å². The fourth-order valence-electron chi connectivity index (χ4n) is 2.94. The summed E-state index contributed by atoms with van der Waals surface area (Å²) in [6.07, 6.45) is 4.50. The van der Waals surface area contributed by atoms with E-state index in [9.17, 15) is 4.79 Å². The lowest BCUT2D eigenvalue weighted by molar-refractivity contribution is 0.200. The standard InChI is InChI=1S/C15H21N3O/c19-15(18-9-2-1-3-10-18)17-14-6-4-5-12-11-16-8-7-13(12)14/h4-6,16H,1-3,7-11H2,(H,17,19). The molecule has 1 fully saturated rings. The summed E-state index contributed by atoms with van der Waals surface area (Å²) in [5.41, 5.74) is 3.60. The minimum Gasteiger partial charge on any atom is -0.325 e. The number of carbonyl (C=O) groups is 1. The predicted molar refractivity (Wildman–Crippen MR) is 76.3 cm³/mol. The number of benzene rings is 1. The zero-order valence-electron chi connectivity index (χ0n) is 11.2. The highest BCUT2D eigenvalue weighted by molar-refractivity contribution is 5.90. The molecule has 2 heterocycles. The lowest BCUT2D eigenvalue weighted by atomic mass is 9.99. The third-order valence-corrected chi connectivity index (χ3v) is 4.03. The van der Waals surface area contributed by atoms with Crippen LogP contribution in [0.25, 0.3) is 0 Å². The first-order valence-electron chi connectivity index (χ1n) is 7.22. The molecule has 0 saturated carbocycles. The maximum Gasteiger partial charge on any atom is 0.321 e. The third-order valence-electron chi connectivity index (χ3n) is 4.03. The average molecular weight is 259 g/mol. The van der Waals surface area contributed by atoms with Gasteiger partial charge in [-0.25, -0.2) is 4.79 Å². The Labute approximate surface area is 114 Å². The van der Waals surface area contributed by atoms with E-state index in [4.69, 9.17) is 0 Å². The van der Waals surface area contributed by atoms with Crippen molar-refractivity contribution in [2.45, 2.75) is 32.2 Å². The summed E-state index contributed by atoms with van der Waals surface area (Å²) in [6, 6.07) is 6.24. The van der Waals surface area contributed by atoms with Crippen LogP contribution in [0.3, 0.4) is 0 Å². The Morgan fingerprint density at radius 1 is 1.21 bits per heavy atom. The van der Waals surface area contributed by atoms with Gasteiger partial charge in [0.05, 0.1) is 0 Å². The number of fused-ring (bicyclic) bond motifs is 1. The van der Waals surface area contributed by atoms with E-state index in [1.165, 1.54) is 17.5 Å². The second-order valence-corrected chi connectivity index (χ2v) is 5.35. The number of urea groups is 1. The normalized spacial score (nSPS) is 18.8. The highest BCUT2D eigenvalue weighted by atomic mass is 16.2. The van der Waals surface area contributed by atoms with Crippen LogP contribution >= 0.6 is 0 Å². The molecule has 0 bridgehead atoms. The van der Waals surface area contributed by atoms with Crippen molar-refractivity contribution in [1.82, 2.24) is 10.2 Å². The molecule has 2 aliphatic heterocycles. The molecule has 0 aromatic heterocycles. The van der Waals surface area contributed by atoms with Gasteiger partial charge in [-0.15, -0.1) is 0 Å². The summed E-state index contributed by atoms with van der Waals surface area (Å²) < 4.78 is 0. The van der Waals surface area contributed by atoms with Gasteiger partial charge >= 0.3 is 6.03 Å². The third kappa shape index (κ3) is 2.73. The number of amides is 2. The van der Waals surface area contributed by atoms with E-state index in [0.29, 0.717) is 0 Å². The van der Waals surface area contributed by atoms with E-state index >= 15 is 0 Å². The molecule has 1 aromatic carbocycles. The van der Waals surface area contributed by atoms with Crippen molar-refractivity contribution >= 4 is 11.7 Å². The number of likely N-dealkylation sites (tertiary alicyclic amines) is 1. The monoisotopic (exact) mass is 259 g/mol. The largest absolute Gasteiger partial charge is 0.325 e. The van der Waals surface area contributed by atoms with E-state index in [0.717, 1.165) is 51.1 Å². The topological polar surface area (TPSA) is 44.4 Å². The van der Waals surface area contributed by atoms with Gasteiger partial charge in [0.15, 0.2) is 0 Å². The minimum absolute atomic E-state index is 0.0617. The van der Waals surface area contributed by atoms with Crippen LogP contribution in [-0.2, 0) is 13.0 Å². The summed E-state index contributed by atoms with van der Waals surface area (Å²) in [7, 11) is 0. The molecule has 1 saturated heterocycles. The van der Waals surface area contributed by atoms with Crippen molar-refractivity contribution < 1.29 is 4.79 Å². The van der Waals surface area contributed by atoms with Gasteiger partial charge in [0, 0.05) is 25.3 Å². The Kier molecular flexibility index (Phi) is 3.69. The molecule has 2 aliphatic rings. The van der Waals surface area contributed by atoms with E-state index in [1.54, 1.807) is 0 Å². The molecule has 1 aromatic rings. The van der Waals surface area contributed by atoms with Gasteiger partial charge in [-0.1, -0.05) is 12.1 Å². The Balaban J connectivity index is 1.74. The molecule has 4 nitrogen and oxygen atoms in total. The van der Waals surface area contributed by atoms with Crippen LogP contribution in [0.15, 0.2) is 18.2 Å². The van der Waals surface area contributed by atoms with Crippen molar-refractivity contribution in [2.75, 3.05) is 25.0 Å². The van der Waals surface area contributed by atoms with Gasteiger partial charge in [-0.3, -0.25) is 0 Å². The number of hydrogen-bond donors (Lipinski definition) is 2. The molecule has 0 aliphatic carbocycles. The summed E-state index contributed by atoms with van der Waals surface area (Å²) in [5, 5.41) is 6.46. The number of hydrogen-bond acceptors (Lipinski definition) is 2. The van der Waals surface area contributed by atoms with Gasteiger partial charge < -0.3 is 15.5 Å². The molecule has 0 unspecified atom stereocenters. The van der Waals surface area contributed by atoms with Gasteiger partial charge in [0.1, 0.15) is 0 Å². The van der Waals surface area contributed by atoms with Crippen LogP contribution in [0, 0.1) is 0 Å². The molecular formula is C15H21N3O. The number of anilines is 1. The van der Waals surface area contributed by atoms with Gasteiger partial charge in [0.25, 0.3) is 0 Å². The number of carbonyl (C=O) groups excluding carboxylic acids is 1. The maximum absolute atomic E-state index is 12.3. The predicted octanol–water partition coefficient (Wildman–Crippen LogP) is 2.35. The van der Waals surface area contributed by atoms with Crippen molar-refractivity contribution in [1.29, 1.82) is 0 Å². The second-order valence-electron chi connectivity index (χ2n) is 5.35. The molecule has 2 N–H and O–H groups in total. The second kappa shape index (κ2) is 5.61. The molecular weight excluding hydrogens is 238 g/mol. The first-order chi connectivity index (χ1) is 9.34. The lowest BCUT2D eigenvalue weighted by Gasteiger charge is -2.28. The summed E-state index contributed by atoms with van der Waals surface area (Å²) >= 11 is 0. The van der Waals surface area contributed by atoms with E-state index in [-0.39, 0.29) is 6.03 Å². The zero-order valence-corrected chi connectivity index (χ0v) is 11.2. The molecule has 4 heteroatoms. The minimum atomic E-state index is 0.0617. The molecule has 3 rings (SSSR count). The highest BCUT2D eigenvalue weighted by Gasteiger charge is 2.19. The van der Waals surface area contributed by atoms with Crippen molar-refractivity contribution in [3.8, 4) is 0 Å². The zero-order chi connectivity index (χ0) is 13.1. The van der Waals surface area contributed by atoms with Crippen LogP contribution in [0.2, 0.25) is 0 Å². The first kappa shape index (κ1) is 12.5. The summed E-state index contributed by atoms with van der Waals surface area (Å²) in [6.45, 7) is 3.68. The Bertz CT molecular complexity index is 466. The highest BCUT2D eigenvalue weighted by Crippen LogP contribution is 2.23. The molecule has 19 heavy (non-hydrogen) atoms. The summed E-state index contributed by atoms with van der Waals surface area (Å²) in [4.78, 5) is 14.2. The fourth-order valence-corrected chi connectivity index (χ4v) is 2.94. The van der Waals surface area contributed by atoms with E-state index in [2.05, 4.69) is 16.7 Å². The number of rotatable bonds is 1. The summed E-state index contributed by atoms with van der Waals surface area (Å²) in [5.74, 6) is 0. The smallest absolute Gasteiger partial charge is 0.321 e. The number of nitrogens with one attached hydrogen (secondary N) is 2. The SMILES string of the molecule is O=C(Nc1cccc2c1CCNC2)N1CCCCC1. The Morgan fingerprint density at radius 2 is 2.05 bits per heavy atom. The van der Waals surface area contributed by atoms with Gasteiger partial charge in [-0.05, 0) is 49.4 Å². The van der Waals surface area contributed by atoms with Crippen LogP contribution in [0.4, 0.5) is 10.5 Å². The van der Waals surface area contributed by atoms with Crippen LogP contribution < -0.4 is 10.6 Å². The Morgan fingerprint density at radius 3 is 2.89 bits per heavy atom. The molecule has 102 valence electrons. The van der Waals surface area contributed by atoms with Crippen molar-refractivity contribution in [3.63, 3.8) is 0 Å². The van der Waals surface area contributed by atoms with Gasteiger partial charge in [0.2, 0.25) is 0 Å². The number of nitrogens with zero attached hydrogens (tertiary/aromatic N) is 1. The molecule has 0 spiro atoms. The van der Waals surface area contributed by atoms with Crippen LogP contribution in [-0.4, -0.2) is 30.6 Å². The molecule has 0 atom stereocenters. The van der Waals surface area contributed by atoms with Crippen LogP contribution in [0.1, 0.15) is 30.4 Å². The number of piperidine rings is 1. The van der Waals surface area contributed by atoms with Gasteiger partial charge in [-0.2, -0.15) is 0 Å². The molecule has 2 amide bonds. The molecule has 0 radical (unpaired) electrons. The van der Waals surface area contributed by atoms with Crippen molar-refractivity contribution in [2.24, 2.45) is 0 Å². The van der Waals surface area contributed by atoms with E-state index < -0.39 is 0 Å². The maximum atomic E-state index is 12.3. The average Bonchev–Trinajstić information content (AvgIpc) is 2.48. The van der Waals surface area contributed by atoms with Crippen molar-refractivity contribution in [3.05, 3.63) is 29.3 Å². The lowest BCUT2D eigenvalue weighted by Crippen LogP contribution is -2.39. The quantitative estimate of drug-likeness (QED) is 0.813. The fraction of sp³-hybridized carbons (Fsp3) is 0.533.